The molecule has 1 aromatic heterocycles. The van der Waals surface area contributed by atoms with Crippen LogP contribution in [0.1, 0.15) is 41.2 Å². The van der Waals surface area contributed by atoms with Gasteiger partial charge in [0.2, 0.25) is 10.0 Å². The fourth-order valence-corrected chi connectivity index (χ4v) is 4.61. The molecule has 1 aromatic rings. The van der Waals surface area contributed by atoms with E-state index >= 15 is 0 Å². The minimum Gasteiger partial charge on any atom is -0.477 e. The zero-order valence-corrected chi connectivity index (χ0v) is 13.1. The Kier molecular flexibility index (Phi) is 5.11. The van der Waals surface area contributed by atoms with Gasteiger partial charge in [0, 0.05) is 18.0 Å². The highest BCUT2D eigenvalue weighted by molar-refractivity contribution is 7.89. The van der Waals surface area contributed by atoms with Crippen molar-refractivity contribution in [3.8, 4) is 0 Å². The molecule has 19 heavy (non-hydrogen) atoms. The number of hydrogen-bond donors (Lipinski definition) is 1. The van der Waals surface area contributed by atoms with Crippen molar-refractivity contribution in [2.24, 2.45) is 0 Å². The third kappa shape index (κ3) is 3.34. The molecule has 1 atom stereocenters. The van der Waals surface area contributed by atoms with Crippen molar-refractivity contribution in [3.05, 3.63) is 15.8 Å². The van der Waals surface area contributed by atoms with Crippen molar-refractivity contribution in [1.82, 2.24) is 4.31 Å². The second kappa shape index (κ2) is 6.02. The van der Waals surface area contributed by atoms with E-state index in [1.165, 1.54) is 17.4 Å². The first-order valence-corrected chi connectivity index (χ1v) is 8.29. The first kappa shape index (κ1) is 16.1. The summed E-state index contributed by atoms with van der Waals surface area (Å²) in [4.78, 5) is 11.6. The summed E-state index contributed by atoms with van der Waals surface area (Å²) in [5.41, 5.74) is 0. The Labute approximate surface area is 117 Å². The first-order chi connectivity index (χ1) is 8.71. The third-order valence-corrected chi connectivity index (χ3v) is 6.33. The van der Waals surface area contributed by atoms with Gasteiger partial charge < -0.3 is 5.11 Å². The number of sulfonamides is 1. The minimum absolute atomic E-state index is 0.0487. The molecule has 108 valence electrons. The van der Waals surface area contributed by atoms with Gasteiger partial charge in [0.05, 0.1) is 4.90 Å². The number of hydrogen-bond acceptors (Lipinski definition) is 4. The zero-order chi connectivity index (χ0) is 14.8. The van der Waals surface area contributed by atoms with Crippen LogP contribution in [0.3, 0.4) is 0 Å². The summed E-state index contributed by atoms with van der Waals surface area (Å²) in [6.45, 7) is 5.47. The molecule has 0 aliphatic carbocycles. The van der Waals surface area contributed by atoms with E-state index in [2.05, 4.69) is 0 Å². The third-order valence-electron chi connectivity index (χ3n) is 3.07. The highest BCUT2D eigenvalue weighted by Crippen LogP contribution is 2.29. The molecule has 0 radical (unpaired) electrons. The van der Waals surface area contributed by atoms with E-state index in [-0.39, 0.29) is 15.8 Å². The number of carbonyl (C=O) groups is 1. The van der Waals surface area contributed by atoms with Gasteiger partial charge in [-0.15, -0.1) is 11.3 Å². The number of nitrogens with zero attached hydrogens (tertiary/aromatic N) is 1. The SMILES string of the molecule is CCCC(C)N(C)S(=O)(=O)c1cc(C(=O)O)sc1C. The summed E-state index contributed by atoms with van der Waals surface area (Å²) in [6, 6.07) is 1.13. The van der Waals surface area contributed by atoms with Gasteiger partial charge in [-0.2, -0.15) is 4.31 Å². The van der Waals surface area contributed by atoms with Crippen LogP contribution >= 0.6 is 11.3 Å². The molecular formula is C12H19NO4S2. The Hall–Kier alpha value is -0.920. The molecule has 1 unspecified atom stereocenters. The fraction of sp³-hybridized carbons (Fsp3) is 0.583. The predicted molar refractivity (Wildman–Crippen MR) is 75.3 cm³/mol. The summed E-state index contributed by atoms with van der Waals surface area (Å²) in [6.07, 6.45) is 1.66. The van der Waals surface area contributed by atoms with E-state index in [4.69, 9.17) is 5.11 Å². The molecule has 1 N–H and O–H groups in total. The van der Waals surface area contributed by atoms with Gasteiger partial charge in [0.15, 0.2) is 0 Å². The maximum atomic E-state index is 12.4. The first-order valence-electron chi connectivity index (χ1n) is 6.03. The maximum Gasteiger partial charge on any atom is 0.345 e. The molecule has 0 amide bonds. The van der Waals surface area contributed by atoms with Crippen molar-refractivity contribution in [1.29, 1.82) is 0 Å². The molecule has 0 fully saturated rings. The second-order valence-electron chi connectivity index (χ2n) is 4.50. The van der Waals surface area contributed by atoms with E-state index < -0.39 is 16.0 Å². The van der Waals surface area contributed by atoms with Crippen molar-refractivity contribution < 1.29 is 18.3 Å². The number of aromatic carboxylic acids is 1. The average Bonchev–Trinajstić information content (AvgIpc) is 2.71. The Morgan fingerprint density at radius 1 is 1.53 bits per heavy atom. The van der Waals surface area contributed by atoms with Crippen LogP contribution in [0.2, 0.25) is 0 Å². The van der Waals surface area contributed by atoms with Crippen LogP contribution in [-0.4, -0.2) is 36.9 Å². The summed E-state index contributed by atoms with van der Waals surface area (Å²) in [5, 5.41) is 8.92. The number of thiophene rings is 1. The van der Waals surface area contributed by atoms with E-state index in [1.54, 1.807) is 6.92 Å². The van der Waals surface area contributed by atoms with Crippen LogP contribution in [0, 0.1) is 6.92 Å². The maximum absolute atomic E-state index is 12.4. The van der Waals surface area contributed by atoms with E-state index in [0.29, 0.717) is 4.88 Å². The lowest BCUT2D eigenvalue weighted by molar-refractivity contribution is 0.0702. The van der Waals surface area contributed by atoms with Crippen LogP contribution in [0.4, 0.5) is 0 Å². The standard InChI is InChI=1S/C12H19NO4S2/c1-5-6-8(2)13(4)19(16,17)11-7-10(12(14)15)18-9(11)3/h7-8H,5-6H2,1-4H3,(H,14,15). The molecule has 7 heteroatoms. The van der Waals surface area contributed by atoms with Crippen LogP contribution in [0.5, 0.6) is 0 Å². The zero-order valence-electron chi connectivity index (χ0n) is 11.5. The van der Waals surface area contributed by atoms with Crippen LogP contribution < -0.4 is 0 Å². The van der Waals surface area contributed by atoms with Crippen molar-refractivity contribution in [3.63, 3.8) is 0 Å². The van der Waals surface area contributed by atoms with Gasteiger partial charge in [0.25, 0.3) is 0 Å². The molecule has 5 nitrogen and oxygen atoms in total. The predicted octanol–water partition coefficient (Wildman–Crippen LogP) is 2.56. The van der Waals surface area contributed by atoms with Gasteiger partial charge in [-0.25, -0.2) is 13.2 Å². The number of carboxylic acids is 1. The average molecular weight is 305 g/mol. The Morgan fingerprint density at radius 3 is 2.53 bits per heavy atom. The van der Waals surface area contributed by atoms with Gasteiger partial charge in [0.1, 0.15) is 4.88 Å². The van der Waals surface area contributed by atoms with Gasteiger partial charge in [-0.05, 0) is 26.3 Å². The summed E-state index contributed by atoms with van der Waals surface area (Å²) < 4.78 is 26.2. The summed E-state index contributed by atoms with van der Waals surface area (Å²) >= 11 is 0.986. The Morgan fingerprint density at radius 2 is 2.11 bits per heavy atom. The van der Waals surface area contributed by atoms with Crippen LogP contribution in [0.25, 0.3) is 0 Å². The molecule has 0 aliphatic heterocycles. The van der Waals surface area contributed by atoms with E-state index in [0.717, 1.165) is 24.2 Å². The molecular weight excluding hydrogens is 286 g/mol. The monoisotopic (exact) mass is 305 g/mol. The van der Waals surface area contributed by atoms with E-state index in [1.807, 2.05) is 13.8 Å². The van der Waals surface area contributed by atoms with Gasteiger partial charge in [-0.1, -0.05) is 13.3 Å². The number of carboxylic acid groups (broad SMARTS) is 1. The van der Waals surface area contributed by atoms with Crippen molar-refractivity contribution in [2.75, 3.05) is 7.05 Å². The van der Waals surface area contributed by atoms with Crippen molar-refractivity contribution >= 4 is 27.3 Å². The molecule has 0 bridgehead atoms. The largest absolute Gasteiger partial charge is 0.477 e. The molecule has 1 heterocycles. The molecule has 1 rings (SSSR count). The highest BCUT2D eigenvalue weighted by atomic mass is 32.2. The molecule has 0 saturated carbocycles. The lowest BCUT2D eigenvalue weighted by atomic mass is 10.2. The lowest BCUT2D eigenvalue weighted by Gasteiger charge is -2.23. The fourth-order valence-electron chi connectivity index (χ4n) is 1.82. The molecule has 0 aliphatic rings. The number of rotatable bonds is 6. The molecule has 0 aromatic carbocycles. The quantitative estimate of drug-likeness (QED) is 0.876. The van der Waals surface area contributed by atoms with Crippen LogP contribution in [0.15, 0.2) is 11.0 Å². The highest BCUT2D eigenvalue weighted by Gasteiger charge is 2.28. The molecule has 0 spiro atoms. The Bertz CT molecular complexity index is 562. The smallest absolute Gasteiger partial charge is 0.345 e. The lowest BCUT2D eigenvalue weighted by Crippen LogP contribution is -2.35. The summed E-state index contributed by atoms with van der Waals surface area (Å²) in [5.74, 6) is -1.10. The second-order valence-corrected chi connectivity index (χ2v) is 7.72. The topological polar surface area (TPSA) is 74.7 Å². The van der Waals surface area contributed by atoms with E-state index in [9.17, 15) is 13.2 Å². The number of aryl methyl sites for hydroxylation is 1. The summed E-state index contributed by atoms with van der Waals surface area (Å²) in [7, 11) is -2.09. The van der Waals surface area contributed by atoms with Gasteiger partial charge in [-0.3, -0.25) is 0 Å². The van der Waals surface area contributed by atoms with Crippen LogP contribution in [-0.2, 0) is 10.0 Å². The minimum atomic E-state index is -3.62. The normalized spacial score (nSPS) is 13.7. The molecule has 0 saturated heterocycles. The Balaban J connectivity index is 3.16. The van der Waals surface area contributed by atoms with Gasteiger partial charge >= 0.3 is 5.97 Å². The van der Waals surface area contributed by atoms with Crippen molar-refractivity contribution in [2.45, 2.75) is 44.6 Å².